The van der Waals surface area contributed by atoms with Gasteiger partial charge in [-0.2, -0.15) is 0 Å². The third kappa shape index (κ3) is 9.11. The van der Waals surface area contributed by atoms with Gasteiger partial charge in [-0.15, -0.1) is 0 Å². The Morgan fingerprint density at radius 1 is 0.806 bits per heavy atom. The van der Waals surface area contributed by atoms with E-state index in [4.69, 9.17) is 11.5 Å². The smallest absolute Gasteiger partial charge is 0.549 e. The molecular weight excluding hydrogens is 577 g/mol. The fourth-order valence-corrected chi connectivity index (χ4v) is 5.33. The van der Waals surface area contributed by atoms with Crippen molar-refractivity contribution in [1.29, 1.82) is 0 Å². The normalized spacial score (nSPS) is 29.1. The zero-order valence-corrected chi connectivity index (χ0v) is 21.2. The summed E-state index contributed by atoms with van der Waals surface area (Å²) in [4.78, 5) is 24.1. The number of piperidine rings is 1. The maximum atomic E-state index is 10.9. The molecule has 31 heavy (non-hydrogen) atoms. The molecule has 3 atom stereocenters. The molecule has 0 bridgehead atoms. The minimum Gasteiger partial charge on any atom is -0.549 e. The van der Waals surface area contributed by atoms with Crippen molar-refractivity contribution in [2.24, 2.45) is 29.2 Å². The first-order valence-electron chi connectivity index (χ1n) is 12.0. The second-order valence-electron chi connectivity index (χ2n) is 9.63. The van der Waals surface area contributed by atoms with Gasteiger partial charge in [0.25, 0.3) is 0 Å². The van der Waals surface area contributed by atoms with Gasteiger partial charge in [0.05, 0.1) is 11.9 Å². The number of likely N-dealkylation sites (tertiary alicyclic amines) is 1. The van der Waals surface area contributed by atoms with E-state index in [1.807, 2.05) is 6.92 Å². The molecule has 182 valence electrons. The van der Waals surface area contributed by atoms with E-state index in [9.17, 15) is 19.8 Å². The Morgan fingerprint density at radius 3 is 1.52 bits per heavy atom. The van der Waals surface area contributed by atoms with Gasteiger partial charge in [0.15, 0.2) is 0 Å². The van der Waals surface area contributed by atoms with Crippen LogP contribution in [0, 0.1) is 17.8 Å². The molecule has 4 aliphatic rings. The molecule has 0 radical (unpaired) electrons. The second kappa shape index (κ2) is 14.6. The molecule has 4 N–H and O–H groups in total. The molecule has 1 saturated heterocycles. The fraction of sp³-hybridized carbons (Fsp3) is 0.913. The quantitative estimate of drug-likeness (QED) is 0.435. The number of rotatable bonds is 4. The van der Waals surface area contributed by atoms with Crippen LogP contribution in [-0.4, -0.2) is 48.1 Å². The summed E-state index contributed by atoms with van der Waals surface area (Å²) < 4.78 is 0. The van der Waals surface area contributed by atoms with Gasteiger partial charge in [-0.25, -0.2) is 0 Å². The number of nitrogens with zero attached hydrogens (tertiary/aromatic N) is 1. The average Bonchev–Trinajstić information content (AvgIpc) is 3.38. The Balaban J connectivity index is 0.000000301. The van der Waals surface area contributed by atoms with Gasteiger partial charge in [0.1, 0.15) is 0 Å². The summed E-state index contributed by atoms with van der Waals surface area (Å²) in [6.07, 6.45) is 14.7. The Kier molecular flexibility index (Phi) is 13.5. The number of carbonyl (C=O) groups excluding carboxylic acids is 2. The van der Waals surface area contributed by atoms with Crippen LogP contribution in [0.25, 0.3) is 0 Å². The maximum Gasteiger partial charge on any atom is 2.00 e. The molecule has 7 nitrogen and oxygen atoms in total. The number of hydrogen-bond donors (Lipinski definition) is 2. The summed E-state index contributed by atoms with van der Waals surface area (Å²) in [5.74, 6) is -4.73. The largest absolute Gasteiger partial charge is 2.00 e. The third-order valence-corrected chi connectivity index (χ3v) is 7.39. The van der Waals surface area contributed by atoms with Crippen molar-refractivity contribution in [3.05, 3.63) is 0 Å². The van der Waals surface area contributed by atoms with E-state index in [0.29, 0.717) is 24.5 Å². The standard InChI is InChI=1S/C13H21NO4.2C5H11N.Pt/c1-8-9(11(12(15)16)13(17)18)7-10(8)14-5-3-2-4-6-14;2*6-5-3-1-2-4-5;/h8-11H,2-7H2,1H3,(H,15,16)(H,17,18);2*5H,1-4,6H2;/q;;;+2/p-2. The van der Waals surface area contributed by atoms with Crippen LogP contribution in [0.3, 0.4) is 0 Å². The van der Waals surface area contributed by atoms with Gasteiger partial charge >= 0.3 is 21.1 Å². The van der Waals surface area contributed by atoms with Gasteiger partial charge in [0, 0.05) is 24.0 Å². The number of hydrogen-bond acceptors (Lipinski definition) is 7. The molecule has 3 unspecified atom stereocenters. The number of carboxylic acid groups (broad SMARTS) is 2. The summed E-state index contributed by atoms with van der Waals surface area (Å²) >= 11 is 0. The van der Waals surface area contributed by atoms with E-state index >= 15 is 0 Å². The van der Waals surface area contributed by atoms with Crippen molar-refractivity contribution in [2.45, 2.75) is 102 Å². The second-order valence-corrected chi connectivity index (χ2v) is 9.63. The molecule has 4 rings (SSSR count). The van der Waals surface area contributed by atoms with Gasteiger partial charge in [-0.3, -0.25) is 0 Å². The molecule has 1 heterocycles. The number of carbonyl (C=O) groups is 2. The van der Waals surface area contributed by atoms with Crippen LogP contribution in [0.15, 0.2) is 0 Å². The van der Waals surface area contributed by atoms with E-state index in [-0.39, 0.29) is 32.9 Å². The Bertz CT molecular complexity index is 505. The first-order chi connectivity index (χ1) is 14.3. The summed E-state index contributed by atoms with van der Waals surface area (Å²) in [7, 11) is 0. The molecular formula is C23H41N3O4Pt. The predicted octanol–water partition coefficient (Wildman–Crippen LogP) is 0.386. The Morgan fingerprint density at radius 2 is 1.23 bits per heavy atom. The monoisotopic (exact) mass is 618 g/mol. The average molecular weight is 619 g/mol. The molecule has 0 aromatic rings. The molecule has 4 fully saturated rings. The zero-order chi connectivity index (χ0) is 22.1. The Hall–Kier alpha value is -0.492. The van der Waals surface area contributed by atoms with Crippen molar-refractivity contribution < 1.29 is 40.9 Å². The first kappa shape index (κ1) is 28.5. The van der Waals surface area contributed by atoms with Crippen molar-refractivity contribution in [3.8, 4) is 0 Å². The summed E-state index contributed by atoms with van der Waals surface area (Å²) in [6.45, 7) is 4.03. The van der Waals surface area contributed by atoms with Crippen molar-refractivity contribution in [3.63, 3.8) is 0 Å². The zero-order valence-electron chi connectivity index (χ0n) is 18.9. The van der Waals surface area contributed by atoms with Crippen LogP contribution >= 0.6 is 0 Å². The topological polar surface area (TPSA) is 136 Å². The minimum absolute atomic E-state index is 0. The maximum absolute atomic E-state index is 10.9. The van der Waals surface area contributed by atoms with E-state index < -0.39 is 17.9 Å². The molecule has 8 heteroatoms. The summed E-state index contributed by atoms with van der Waals surface area (Å²) in [6, 6.07) is 1.42. The van der Waals surface area contributed by atoms with Crippen LogP contribution in [-0.2, 0) is 30.7 Å². The molecule has 0 aromatic carbocycles. The summed E-state index contributed by atoms with van der Waals surface area (Å²) in [5, 5.41) is 21.7. The molecule has 3 aliphatic carbocycles. The van der Waals surface area contributed by atoms with E-state index in [1.54, 1.807) is 0 Å². The Labute approximate surface area is 201 Å². The number of nitrogens with two attached hydrogens (primary N) is 2. The first-order valence-corrected chi connectivity index (χ1v) is 12.0. The van der Waals surface area contributed by atoms with Gasteiger partial charge in [0.2, 0.25) is 0 Å². The van der Waals surface area contributed by atoms with Crippen molar-refractivity contribution in [2.75, 3.05) is 13.1 Å². The number of aliphatic carboxylic acids is 2. The third-order valence-electron chi connectivity index (χ3n) is 7.39. The molecule has 0 aromatic heterocycles. The van der Waals surface area contributed by atoms with Crippen LogP contribution in [0.1, 0.15) is 84.0 Å². The summed E-state index contributed by atoms with van der Waals surface area (Å²) in [5.41, 5.74) is 11.1. The van der Waals surface area contributed by atoms with E-state index in [2.05, 4.69) is 4.90 Å². The fourth-order valence-electron chi connectivity index (χ4n) is 5.33. The van der Waals surface area contributed by atoms with E-state index in [1.165, 1.54) is 70.6 Å². The molecule has 0 amide bonds. The van der Waals surface area contributed by atoms with Crippen LogP contribution in [0.4, 0.5) is 0 Å². The van der Waals surface area contributed by atoms with Crippen molar-refractivity contribution >= 4 is 11.9 Å². The molecule has 1 aliphatic heterocycles. The number of carboxylic acids is 2. The SMILES string of the molecule is CC1C(C(C(=O)[O-])C(=O)[O-])CC1N1CCCCC1.NC1CCCC1.NC1CCCC1.[Pt+2]. The minimum atomic E-state index is -1.51. The van der Waals surface area contributed by atoms with Crippen LogP contribution in [0.5, 0.6) is 0 Å². The molecule has 3 saturated carbocycles. The van der Waals surface area contributed by atoms with Gasteiger partial charge < -0.3 is 36.2 Å². The predicted molar refractivity (Wildman–Crippen MR) is 113 cm³/mol. The molecule has 0 spiro atoms. The van der Waals surface area contributed by atoms with Crippen LogP contribution in [0.2, 0.25) is 0 Å². The van der Waals surface area contributed by atoms with Crippen molar-refractivity contribution in [1.82, 2.24) is 4.90 Å². The van der Waals surface area contributed by atoms with Gasteiger partial charge in [-0.1, -0.05) is 39.0 Å². The van der Waals surface area contributed by atoms with E-state index in [0.717, 1.165) is 13.1 Å². The van der Waals surface area contributed by atoms with Gasteiger partial charge in [-0.05, 0) is 69.9 Å². The van der Waals surface area contributed by atoms with Crippen LogP contribution < -0.4 is 21.7 Å².